The fourth-order valence-corrected chi connectivity index (χ4v) is 8.08. The molecular weight excluding hydrogens is 873 g/mol. The molecule has 1 N–H and O–H groups in total. The first-order valence-corrected chi connectivity index (χ1v) is 25.2. The number of halogens is 1. The van der Waals surface area contributed by atoms with Crippen LogP contribution in [0.4, 0.5) is 0 Å². The molecule has 1 aromatic carbocycles. The largest absolute Gasteiger partial charge is 0.497 e. The molecule has 362 valence electrons. The molecule has 3 unspecified atom stereocenters. The number of nitrogens with zero attached hydrogens (tertiary/aromatic N) is 3. The van der Waals surface area contributed by atoms with Crippen molar-refractivity contribution in [1.82, 2.24) is 14.4 Å². The number of phosphoric acid groups is 1. The third kappa shape index (κ3) is 21.8. The van der Waals surface area contributed by atoms with Crippen LogP contribution >= 0.6 is 19.4 Å². The monoisotopic (exact) mass is 945 g/mol. The lowest BCUT2D eigenvalue weighted by molar-refractivity contribution is -0.208. The second kappa shape index (κ2) is 33.1. The maximum absolute atomic E-state index is 13.7. The molecule has 1 aliphatic rings. The summed E-state index contributed by atoms with van der Waals surface area (Å²) in [7, 11) is -0.955. The van der Waals surface area contributed by atoms with Gasteiger partial charge in [0.1, 0.15) is 31.7 Å². The van der Waals surface area contributed by atoms with Gasteiger partial charge in [-0.25, -0.2) is 4.57 Å². The Morgan fingerprint density at radius 3 is 2.15 bits per heavy atom. The number of likely N-dealkylation sites (N-methyl/N-ethyl adjacent to an activating group) is 1. The minimum atomic E-state index is -4.38. The molecule has 1 fully saturated rings. The van der Waals surface area contributed by atoms with E-state index in [9.17, 15) is 19.0 Å². The summed E-state index contributed by atoms with van der Waals surface area (Å²) in [5.74, 6) is 12.1. The summed E-state index contributed by atoms with van der Waals surface area (Å²) in [4.78, 5) is 40.8. The molecule has 3 rings (SSSR count). The van der Waals surface area contributed by atoms with E-state index in [1.807, 2.05) is 18.9 Å². The highest BCUT2D eigenvalue weighted by atomic mass is 35.5. The van der Waals surface area contributed by atoms with Gasteiger partial charge in [-0.15, -0.1) is 0 Å². The number of phosphoric ester groups is 1. The number of methoxy groups -OCH3 is 1. The number of hydrogen-bond donors (Lipinski definition) is 1. The highest BCUT2D eigenvalue weighted by Crippen LogP contribution is 2.43. The van der Waals surface area contributed by atoms with Gasteiger partial charge in [0.2, 0.25) is 5.91 Å². The van der Waals surface area contributed by atoms with Crippen molar-refractivity contribution in [3.63, 3.8) is 0 Å². The summed E-state index contributed by atoms with van der Waals surface area (Å²) >= 11 is 5.32. The number of rotatable bonds is 35. The minimum absolute atomic E-state index is 0.00189. The van der Waals surface area contributed by atoms with E-state index in [2.05, 4.69) is 41.9 Å². The van der Waals surface area contributed by atoms with E-state index in [0.717, 1.165) is 19.4 Å². The van der Waals surface area contributed by atoms with Crippen LogP contribution < -0.4 is 4.74 Å². The van der Waals surface area contributed by atoms with Crippen molar-refractivity contribution in [2.45, 2.75) is 142 Å². The second-order valence-electron chi connectivity index (χ2n) is 16.2. The average molecular weight is 947 g/mol. The van der Waals surface area contributed by atoms with Crippen LogP contribution in [0.3, 0.4) is 0 Å². The highest BCUT2D eigenvalue weighted by Gasteiger charge is 2.34. The predicted octanol–water partition coefficient (Wildman–Crippen LogP) is 9.21. The molecule has 1 aromatic heterocycles. The molecule has 1 amide bonds. The van der Waals surface area contributed by atoms with Crippen molar-refractivity contribution >= 4 is 42.1 Å². The van der Waals surface area contributed by atoms with E-state index < -0.39 is 26.1 Å². The Balaban J connectivity index is 1.47. The van der Waals surface area contributed by atoms with Gasteiger partial charge in [0.25, 0.3) is 0 Å². The Morgan fingerprint density at radius 2 is 1.54 bits per heavy atom. The van der Waals surface area contributed by atoms with Crippen molar-refractivity contribution in [1.29, 1.82) is 0 Å². The summed E-state index contributed by atoms with van der Waals surface area (Å²) in [5, 5.41) is 2.80. The number of carbonyl (C=O) groups excluding carboxylic acids is 2. The molecule has 3 atom stereocenters. The molecule has 0 radical (unpaired) electrons. The molecule has 14 nitrogen and oxygen atoms in total. The molecule has 0 spiro atoms. The second-order valence-corrected chi connectivity index (χ2v) is 17.9. The molecule has 1 aliphatic heterocycles. The number of amides is 1. The molecule has 0 saturated carbocycles. The number of benzene rings is 1. The Bertz CT molecular complexity index is 1960. The van der Waals surface area contributed by atoms with Crippen LogP contribution in [0.25, 0.3) is 10.9 Å². The third-order valence-corrected chi connectivity index (χ3v) is 12.5. The first kappa shape index (κ1) is 55.9. The number of aromatic nitrogens is 1. The van der Waals surface area contributed by atoms with Gasteiger partial charge >= 0.3 is 13.7 Å². The number of fused-ring (bicyclic) bond motifs is 1. The van der Waals surface area contributed by atoms with Crippen molar-refractivity contribution in [2.75, 3.05) is 73.8 Å². The maximum atomic E-state index is 13.7. The minimum Gasteiger partial charge on any atom is -0.497 e. The summed E-state index contributed by atoms with van der Waals surface area (Å²) in [6.07, 6.45) is 18.6. The van der Waals surface area contributed by atoms with Crippen molar-refractivity contribution in [2.24, 2.45) is 0 Å². The first-order chi connectivity index (χ1) is 31.5. The SMILES string of the molecule is CCCCCCCCCCCCCCCCCOCOCC(COP(=O)(O)OCCN(C)CC)OCOC1CCN1C(=O)Cc1c(C)n(C(=O)C#CC#CC#CCl)c2ccc(OC)cc12. The van der Waals surface area contributed by atoms with Crippen molar-refractivity contribution < 1.29 is 51.8 Å². The van der Waals surface area contributed by atoms with Crippen molar-refractivity contribution in [3.8, 4) is 40.7 Å². The van der Waals surface area contributed by atoms with Crippen LogP contribution in [0.5, 0.6) is 5.75 Å². The van der Waals surface area contributed by atoms with Gasteiger partial charge in [0.15, 0.2) is 0 Å². The number of ether oxygens (including phenoxy) is 5. The van der Waals surface area contributed by atoms with Crippen LogP contribution in [-0.4, -0.2) is 117 Å². The highest BCUT2D eigenvalue weighted by molar-refractivity contribution is 7.47. The Kier molecular flexibility index (Phi) is 28.5. The van der Waals surface area contributed by atoms with E-state index >= 15 is 0 Å². The van der Waals surface area contributed by atoms with Gasteiger partial charge in [-0.3, -0.25) is 23.2 Å². The average Bonchev–Trinajstić information content (AvgIpc) is 3.55. The van der Waals surface area contributed by atoms with Crippen LogP contribution in [0.15, 0.2) is 18.2 Å². The molecule has 65 heavy (non-hydrogen) atoms. The van der Waals surface area contributed by atoms with Gasteiger partial charge in [0, 0.05) is 60.3 Å². The number of carbonyl (C=O) groups is 2. The summed E-state index contributed by atoms with van der Waals surface area (Å²) in [6, 6.07) is 5.26. The quantitative estimate of drug-likeness (QED) is 0.0304. The fourth-order valence-electron chi connectivity index (χ4n) is 7.29. The fraction of sp³-hybridized carbons (Fsp3) is 0.673. The zero-order chi connectivity index (χ0) is 47.1. The Labute approximate surface area is 393 Å². The number of unbranched alkanes of at least 4 members (excludes halogenated alkanes) is 14. The van der Waals surface area contributed by atoms with Crippen LogP contribution in [0.2, 0.25) is 0 Å². The van der Waals surface area contributed by atoms with Gasteiger partial charge in [-0.2, -0.15) is 0 Å². The zero-order valence-corrected chi connectivity index (χ0v) is 41.1. The van der Waals surface area contributed by atoms with Crippen molar-refractivity contribution in [3.05, 3.63) is 29.5 Å². The van der Waals surface area contributed by atoms with E-state index in [0.29, 0.717) is 54.0 Å². The number of hydrogen-bond acceptors (Lipinski definition) is 11. The van der Waals surface area contributed by atoms with E-state index in [4.69, 9.17) is 44.3 Å². The lowest BCUT2D eigenvalue weighted by Gasteiger charge is -2.40. The van der Waals surface area contributed by atoms with Gasteiger partial charge in [-0.1, -0.05) is 104 Å². The lowest BCUT2D eigenvalue weighted by atomic mass is 10.0. The lowest BCUT2D eigenvalue weighted by Crippen LogP contribution is -2.53. The standard InChI is InChI=1S/C49H73ClN3O11P/c1-6-8-9-10-11-12-13-14-15-16-17-18-19-22-25-33-59-39-60-37-43(38-64-65(56,57)63-34-32-51(4)7-2)61-40-62-49-29-31-52(49)48(55)36-44-41(3)53(47(54)26-23-20-21-24-30-50)46-28-27-42(58-5)35-45(44)46/h27-28,35,43,49H,6-19,22,25,29,31-34,36-40H2,1-5H3,(H,56,57). The Morgan fingerprint density at radius 1 is 0.877 bits per heavy atom. The van der Waals surface area contributed by atoms with Gasteiger partial charge in [-0.05, 0) is 74.1 Å². The summed E-state index contributed by atoms with van der Waals surface area (Å²) in [6.45, 7) is 7.73. The smallest absolute Gasteiger partial charge is 0.472 e. The van der Waals surface area contributed by atoms with Crippen LogP contribution in [0, 0.1) is 41.9 Å². The first-order valence-electron chi connectivity index (χ1n) is 23.4. The molecular formula is C49H73ClN3O11P. The third-order valence-electron chi connectivity index (χ3n) is 11.4. The van der Waals surface area contributed by atoms with Gasteiger partial charge < -0.3 is 38.4 Å². The molecule has 2 heterocycles. The normalized spacial score (nSPS) is 14.7. The molecule has 1 saturated heterocycles. The molecule has 0 bridgehead atoms. The summed E-state index contributed by atoms with van der Waals surface area (Å²) < 4.78 is 53.3. The van der Waals surface area contributed by atoms with Crippen LogP contribution in [-0.2, 0) is 43.8 Å². The molecule has 2 aromatic rings. The zero-order valence-electron chi connectivity index (χ0n) is 39.5. The molecule has 0 aliphatic carbocycles. The topological polar surface area (TPSA) is 147 Å². The maximum Gasteiger partial charge on any atom is 0.472 e. The summed E-state index contributed by atoms with van der Waals surface area (Å²) in [5.41, 5.74) is 1.77. The van der Waals surface area contributed by atoms with E-state index in [1.165, 1.54) is 88.0 Å². The predicted molar refractivity (Wildman–Crippen MR) is 254 cm³/mol. The van der Waals surface area contributed by atoms with E-state index in [-0.39, 0.29) is 45.7 Å². The number of likely N-dealkylation sites (tertiary alicyclic amines) is 1. The Hall–Kier alpha value is -3.42. The van der Waals surface area contributed by atoms with Gasteiger partial charge in [0.05, 0.1) is 38.9 Å². The van der Waals surface area contributed by atoms with E-state index in [1.54, 1.807) is 37.1 Å². The molecule has 16 heteroatoms. The van der Waals surface area contributed by atoms with Crippen LogP contribution in [0.1, 0.15) is 133 Å².